The maximum Gasteiger partial charge on any atom is 0.343 e. The highest BCUT2D eigenvalue weighted by atomic mass is 16.5. The summed E-state index contributed by atoms with van der Waals surface area (Å²) >= 11 is 0. The van der Waals surface area contributed by atoms with Crippen molar-refractivity contribution in [2.24, 2.45) is 5.73 Å². The Balaban J connectivity index is 2.10. The average molecular weight is 284 g/mol. The van der Waals surface area contributed by atoms with Crippen LogP contribution in [0, 0.1) is 0 Å². The van der Waals surface area contributed by atoms with Crippen molar-refractivity contribution in [1.82, 2.24) is 0 Å². The first-order valence-corrected chi connectivity index (χ1v) is 6.56. The van der Waals surface area contributed by atoms with Crippen molar-refractivity contribution >= 4 is 17.7 Å². The van der Waals surface area contributed by atoms with Gasteiger partial charge < -0.3 is 15.8 Å². The number of aryl methyl sites for hydroxylation is 1. The molecule has 21 heavy (non-hydrogen) atoms. The van der Waals surface area contributed by atoms with Gasteiger partial charge in [0, 0.05) is 5.69 Å². The highest BCUT2D eigenvalue weighted by Crippen LogP contribution is 2.16. The monoisotopic (exact) mass is 284 g/mol. The van der Waals surface area contributed by atoms with Gasteiger partial charge in [-0.25, -0.2) is 9.59 Å². The molecule has 0 heterocycles. The molecule has 0 spiro atoms. The smallest absolute Gasteiger partial charge is 0.343 e. The number of hydrogen-bond donors (Lipinski definition) is 2. The Kier molecular flexibility index (Phi) is 4.56. The molecule has 2 aromatic carbocycles. The topological polar surface area (TPSA) is 81.4 Å². The molecular weight excluding hydrogens is 268 g/mol. The van der Waals surface area contributed by atoms with Gasteiger partial charge in [0.1, 0.15) is 5.75 Å². The minimum atomic E-state index is -0.685. The van der Waals surface area contributed by atoms with E-state index in [1.54, 1.807) is 30.3 Å². The number of carbonyl (C=O) groups is 2. The van der Waals surface area contributed by atoms with Gasteiger partial charge in [-0.2, -0.15) is 0 Å². The Morgan fingerprint density at radius 2 is 1.86 bits per heavy atom. The zero-order chi connectivity index (χ0) is 15.2. The van der Waals surface area contributed by atoms with Crippen molar-refractivity contribution in [3.63, 3.8) is 0 Å². The first kappa shape index (κ1) is 14.6. The van der Waals surface area contributed by atoms with Crippen LogP contribution in [0.15, 0.2) is 48.5 Å². The Labute approximate surface area is 122 Å². The predicted octanol–water partition coefficient (Wildman–Crippen LogP) is 2.96. The summed E-state index contributed by atoms with van der Waals surface area (Å²) in [6.07, 6.45) is 0.926. The number of anilines is 1. The summed E-state index contributed by atoms with van der Waals surface area (Å²) < 4.78 is 5.28. The zero-order valence-corrected chi connectivity index (χ0v) is 11.6. The van der Waals surface area contributed by atoms with Crippen LogP contribution in [0.5, 0.6) is 5.75 Å². The minimum absolute atomic E-state index is 0.334. The number of benzene rings is 2. The van der Waals surface area contributed by atoms with E-state index < -0.39 is 12.0 Å². The third-order valence-electron chi connectivity index (χ3n) is 2.91. The number of ether oxygens (including phenoxy) is 1. The molecule has 108 valence electrons. The van der Waals surface area contributed by atoms with Crippen LogP contribution in [0.3, 0.4) is 0 Å². The van der Waals surface area contributed by atoms with E-state index in [2.05, 4.69) is 12.2 Å². The number of urea groups is 1. The number of nitrogens with one attached hydrogen (secondary N) is 1. The lowest BCUT2D eigenvalue weighted by Gasteiger charge is -2.07. The van der Waals surface area contributed by atoms with E-state index in [-0.39, 0.29) is 0 Å². The Morgan fingerprint density at radius 1 is 1.14 bits per heavy atom. The average Bonchev–Trinajstić information content (AvgIpc) is 2.47. The van der Waals surface area contributed by atoms with Gasteiger partial charge in [-0.15, -0.1) is 0 Å². The quantitative estimate of drug-likeness (QED) is 0.669. The summed E-state index contributed by atoms with van der Waals surface area (Å²) in [5, 5.41) is 2.41. The first-order chi connectivity index (χ1) is 10.1. The molecule has 2 aromatic rings. The minimum Gasteiger partial charge on any atom is -0.423 e. The number of primary amides is 1. The van der Waals surface area contributed by atoms with Crippen molar-refractivity contribution in [1.29, 1.82) is 0 Å². The van der Waals surface area contributed by atoms with Crippen LogP contribution in [0.2, 0.25) is 0 Å². The van der Waals surface area contributed by atoms with Gasteiger partial charge in [0.15, 0.2) is 0 Å². The zero-order valence-electron chi connectivity index (χ0n) is 11.6. The summed E-state index contributed by atoms with van der Waals surface area (Å²) in [6.45, 7) is 2.05. The molecule has 0 fully saturated rings. The Morgan fingerprint density at radius 3 is 2.48 bits per heavy atom. The third-order valence-corrected chi connectivity index (χ3v) is 2.91. The van der Waals surface area contributed by atoms with Gasteiger partial charge >= 0.3 is 12.0 Å². The highest BCUT2D eigenvalue weighted by molar-refractivity contribution is 5.94. The molecule has 5 nitrogen and oxygen atoms in total. The highest BCUT2D eigenvalue weighted by Gasteiger charge is 2.09. The van der Waals surface area contributed by atoms with Crippen LogP contribution in [0.4, 0.5) is 10.5 Å². The van der Waals surface area contributed by atoms with Gasteiger partial charge in [0.25, 0.3) is 0 Å². The van der Waals surface area contributed by atoms with Crippen LogP contribution < -0.4 is 15.8 Å². The van der Waals surface area contributed by atoms with Crippen molar-refractivity contribution in [2.75, 3.05) is 5.32 Å². The third kappa shape index (κ3) is 4.07. The lowest BCUT2D eigenvalue weighted by atomic mass is 10.1. The molecule has 0 aromatic heterocycles. The first-order valence-electron chi connectivity index (χ1n) is 6.56. The Bertz CT molecular complexity index is 651. The number of hydrogen-bond acceptors (Lipinski definition) is 3. The van der Waals surface area contributed by atoms with Crippen molar-refractivity contribution in [3.8, 4) is 5.75 Å². The maximum absolute atomic E-state index is 12.0. The molecule has 0 atom stereocenters. The molecule has 0 radical (unpaired) electrons. The van der Waals surface area contributed by atoms with Crippen LogP contribution in [-0.2, 0) is 6.42 Å². The molecule has 0 saturated carbocycles. The second kappa shape index (κ2) is 6.56. The number of esters is 1. The van der Waals surface area contributed by atoms with Crippen molar-refractivity contribution in [2.45, 2.75) is 13.3 Å². The van der Waals surface area contributed by atoms with Crippen LogP contribution in [0.1, 0.15) is 22.8 Å². The fourth-order valence-electron chi connectivity index (χ4n) is 1.83. The number of rotatable bonds is 4. The molecule has 0 aliphatic carbocycles. The molecule has 0 unspecified atom stereocenters. The number of nitrogens with two attached hydrogens (primary N) is 1. The fraction of sp³-hybridized carbons (Fsp3) is 0.125. The molecule has 0 bridgehead atoms. The molecule has 2 rings (SSSR count). The van der Waals surface area contributed by atoms with E-state index in [4.69, 9.17) is 10.5 Å². The van der Waals surface area contributed by atoms with E-state index in [1.807, 2.05) is 12.1 Å². The van der Waals surface area contributed by atoms with E-state index >= 15 is 0 Å². The second-order valence-corrected chi connectivity index (χ2v) is 4.46. The van der Waals surface area contributed by atoms with E-state index in [9.17, 15) is 9.59 Å². The summed E-state index contributed by atoms with van der Waals surface area (Å²) in [4.78, 5) is 22.8. The Hall–Kier alpha value is -2.82. The van der Waals surface area contributed by atoms with Gasteiger partial charge in [-0.05, 0) is 42.3 Å². The molecule has 0 aliphatic rings. The maximum atomic E-state index is 12.0. The molecule has 3 N–H and O–H groups in total. The van der Waals surface area contributed by atoms with Crippen molar-refractivity contribution < 1.29 is 14.3 Å². The number of carbonyl (C=O) groups excluding carboxylic acids is 2. The summed E-state index contributed by atoms with van der Waals surface area (Å²) in [6, 6.07) is 13.0. The van der Waals surface area contributed by atoms with Gasteiger partial charge in [0.2, 0.25) is 0 Å². The van der Waals surface area contributed by atoms with E-state index in [0.29, 0.717) is 17.0 Å². The summed E-state index contributed by atoms with van der Waals surface area (Å²) in [5.74, 6) is -0.0159. The van der Waals surface area contributed by atoms with Gasteiger partial charge in [-0.3, -0.25) is 0 Å². The lowest BCUT2D eigenvalue weighted by molar-refractivity contribution is 0.0734. The fourth-order valence-corrected chi connectivity index (χ4v) is 1.83. The van der Waals surface area contributed by atoms with Gasteiger partial charge in [0.05, 0.1) is 5.56 Å². The molecule has 0 aliphatic heterocycles. The predicted molar refractivity (Wildman–Crippen MR) is 80.4 cm³/mol. The van der Waals surface area contributed by atoms with Crippen LogP contribution in [0.25, 0.3) is 0 Å². The molecule has 2 amide bonds. The van der Waals surface area contributed by atoms with Crippen molar-refractivity contribution in [3.05, 3.63) is 59.7 Å². The van der Waals surface area contributed by atoms with E-state index in [1.165, 1.54) is 11.6 Å². The second-order valence-electron chi connectivity index (χ2n) is 4.46. The molecule has 0 saturated heterocycles. The van der Waals surface area contributed by atoms with Crippen LogP contribution in [-0.4, -0.2) is 12.0 Å². The molecule has 5 heteroatoms. The molecular formula is C16H16N2O3. The van der Waals surface area contributed by atoms with Crippen LogP contribution >= 0.6 is 0 Å². The largest absolute Gasteiger partial charge is 0.423 e. The SMILES string of the molecule is CCc1ccc(OC(=O)c2cccc(NC(N)=O)c2)cc1. The lowest BCUT2D eigenvalue weighted by Crippen LogP contribution is -2.19. The van der Waals surface area contributed by atoms with E-state index in [0.717, 1.165) is 6.42 Å². The van der Waals surface area contributed by atoms with Gasteiger partial charge in [-0.1, -0.05) is 25.1 Å². The normalized spacial score (nSPS) is 9.95. The number of amides is 2. The summed E-state index contributed by atoms with van der Waals surface area (Å²) in [5.41, 5.74) is 6.98. The standard InChI is InChI=1S/C16H16N2O3/c1-2-11-6-8-14(9-7-11)21-15(19)12-4-3-5-13(10-12)18-16(17)20/h3-10H,2H2,1H3,(H3,17,18,20). The summed E-state index contributed by atoms with van der Waals surface area (Å²) in [7, 11) is 0.